The Morgan fingerprint density at radius 1 is 1.40 bits per heavy atom. The van der Waals surface area contributed by atoms with Crippen molar-refractivity contribution in [3.63, 3.8) is 0 Å². The largest absolute Gasteiger partial charge is 0.289 e. The van der Waals surface area contributed by atoms with E-state index in [1.54, 1.807) is 12.4 Å². The van der Waals surface area contributed by atoms with Crippen LogP contribution in [0.2, 0.25) is 0 Å². The number of amides is 2. The summed E-state index contributed by atoms with van der Waals surface area (Å²) in [6.45, 7) is 0. The number of nitrogens with zero attached hydrogens (tertiary/aromatic N) is 2. The van der Waals surface area contributed by atoms with Crippen LogP contribution in [0.3, 0.4) is 0 Å². The highest BCUT2D eigenvalue weighted by atomic mass is 32.2. The van der Waals surface area contributed by atoms with Crippen LogP contribution in [0.5, 0.6) is 0 Å². The summed E-state index contributed by atoms with van der Waals surface area (Å²) >= 11 is 2.52. The van der Waals surface area contributed by atoms with Crippen molar-refractivity contribution in [2.45, 2.75) is 4.90 Å². The molecule has 1 aromatic heterocycles. The molecule has 0 atom stereocenters. The van der Waals surface area contributed by atoms with Crippen LogP contribution in [0.1, 0.15) is 0 Å². The van der Waals surface area contributed by atoms with Crippen molar-refractivity contribution in [1.82, 2.24) is 9.88 Å². The second kappa shape index (κ2) is 4.67. The zero-order valence-electron chi connectivity index (χ0n) is 7.75. The van der Waals surface area contributed by atoms with Crippen molar-refractivity contribution < 1.29 is 9.59 Å². The average molecular weight is 240 g/mol. The topological polar surface area (TPSA) is 50.3 Å². The van der Waals surface area contributed by atoms with E-state index in [0.717, 1.165) is 16.7 Å². The summed E-state index contributed by atoms with van der Waals surface area (Å²) in [7, 11) is 0. The molecule has 0 aromatic carbocycles. The molecule has 4 nitrogen and oxygen atoms in total. The van der Waals surface area contributed by atoms with E-state index in [9.17, 15) is 9.59 Å². The Morgan fingerprint density at radius 2 is 2.13 bits per heavy atom. The van der Waals surface area contributed by atoms with Gasteiger partial charge < -0.3 is 0 Å². The standard InChI is InChI=1S/C9H8N2O2S2/c12-8-5-14-9(13)11(8)6-15-7-1-3-10-4-2-7/h1-4H,5-6H2. The van der Waals surface area contributed by atoms with Gasteiger partial charge in [0.1, 0.15) is 0 Å². The molecule has 0 spiro atoms. The molecular weight excluding hydrogens is 232 g/mol. The molecule has 15 heavy (non-hydrogen) atoms. The first-order valence-electron chi connectivity index (χ1n) is 4.27. The first-order valence-corrected chi connectivity index (χ1v) is 6.24. The summed E-state index contributed by atoms with van der Waals surface area (Å²) in [5.41, 5.74) is 0. The van der Waals surface area contributed by atoms with Crippen LogP contribution in [0.15, 0.2) is 29.4 Å². The molecule has 0 bridgehead atoms. The normalized spacial score (nSPS) is 16.1. The Bertz CT molecular complexity index is 367. The molecule has 2 rings (SSSR count). The number of hydrogen-bond donors (Lipinski definition) is 0. The Labute approximate surface area is 95.4 Å². The minimum absolute atomic E-state index is 0.105. The lowest BCUT2D eigenvalue weighted by Gasteiger charge is -2.11. The number of hydrogen-bond acceptors (Lipinski definition) is 5. The molecule has 1 aliphatic rings. The molecule has 1 aliphatic heterocycles. The van der Waals surface area contributed by atoms with Gasteiger partial charge in [-0.1, -0.05) is 11.8 Å². The highest BCUT2D eigenvalue weighted by Gasteiger charge is 2.29. The number of rotatable bonds is 3. The molecular formula is C9H8N2O2S2. The highest BCUT2D eigenvalue weighted by Crippen LogP contribution is 2.24. The van der Waals surface area contributed by atoms with Crippen molar-refractivity contribution >= 4 is 34.7 Å². The summed E-state index contributed by atoms with van der Waals surface area (Å²) in [5.74, 6) is 0.552. The van der Waals surface area contributed by atoms with Crippen LogP contribution in [0, 0.1) is 0 Å². The van der Waals surface area contributed by atoms with Gasteiger partial charge >= 0.3 is 0 Å². The quantitative estimate of drug-likeness (QED) is 0.754. The van der Waals surface area contributed by atoms with Crippen LogP contribution in [-0.4, -0.2) is 32.7 Å². The van der Waals surface area contributed by atoms with Gasteiger partial charge in [0, 0.05) is 17.3 Å². The lowest BCUT2D eigenvalue weighted by atomic mass is 10.5. The number of imide groups is 1. The van der Waals surface area contributed by atoms with Crippen LogP contribution in [-0.2, 0) is 4.79 Å². The molecule has 0 radical (unpaired) electrons. The van der Waals surface area contributed by atoms with E-state index in [1.807, 2.05) is 12.1 Å². The number of carbonyl (C=O) groups is 2. The predicted molar refractivity (Wildman–Crippen MR) is 59.7 cm³/mol. The third kappa shape index (κ3) is 2.51. The minimum atomic E-state index is -0.151. The van der Waals surface area contributed by atoms with Gasteiger partial charge in [-0.05, 0) is 12.1 Å². The van der Waals surface area contributed by atoms with E-state index >= 15 is 0 Å². The van der Waals surface area contributed by atoms with Gasteiger partial charge in [-0.3, -0.25) is 19.5 Å². The van der Waals surface area contributed by atoms with Gasteiger partial charge in [-0.2, -0.15) is 0 Å². The van der Waals surface area contributed by atoms with Crippen LogP contribution < -0.4 is 0 Å². The van der Waals surface area contributed by atoms with Crippen LogP contribution in [0.4, 0.5) is 4.79 Å². The Balaban J connectivity index is 1.93. The summed E-state index contributed by atoms with van der Waals surface area (Å²) in [6, 6.07) is 3.70. The van der Waals surface area contributed by atoms with Gasteiger partial charge in [0.15, 0.2) is 0 Å². The molecule has 0 aliphatic carbocycles. The fourth-order valence-corrected chi connectivity index (χ4v) is 2.74. The van der Waals surface area contributed by atoms with Crippen molar-refractivity contribution in [2.24, 2.45) is 0 Å². The number of pyridine rings is 1. The molecule has 78 valence electrons. The summed E-state index contributed by atoms with van der Waals surface area (Å²) < 4.78 is 0. The molecule has 2 amide bonds. The maximum atomic E-state index is 11.3. The van der Waals surface area contributed by atoms with Crippen LogP contribution in [0.25, 0.3) is 0 Å². The van der Waals surface area contributed by atoms with E-state index in [-0.39, 0.29) is 16.9 Å². The molecule has 2 heterocycles. The molecule has 0 saturated carbocycles. The monoisotopic (exact) mass is 240 g/mol. The van der Waals surface area contributed by atoms with Crippen molar-refractivity contribution in [1.29, 1.82) is 0 Å². The summed E-state index contributed by atoms with van der Waals surface area (Å²) in [6.07, 6.45) is 3.37. The van der Waals surface area contributed by atoms with Gasteiger partial charge in [0.2, 0.25) is 5.91 Å². The maximum Gasteiger partial charge on any atom is 0.289 e. The van der Waals surface area contributed by atoms with E-state index in [4.69, 9.17) is 0 Å². The lowest BCUT2D eigenvalue weighted by Crippen LogP contribution is -2.27. The third-order valence-corrected chi connectivity index (χ3v) is 3.70. The Hall–Kier alpha value is -1.01. The van der Waals surface area contributed by atoms with E-state index < -0.39 is 0 Å². The number of aromatic nitrogens is 1. The van der Waals surface area contributed by atoms with Crippen LogP contribution >= 0.6 is 23.5 Å². The first-order chi connectivity index (χ1) is 7.27. The molecule has 0 N–H and O–H groups in total. The SMILES string of the molecule is O=C1CSC(=O)N1CSc1ccncc1. The van der Waals surface area contributed by atoms with E-state index in [1.165, 1.54) is 16.7 Å². The molecule has 6 heteroatoms. The first kappa shape index (κ1) is 10.5. The fraction of sp³-hybridized carbons (Fsp3) is 0.222. The second-order valence-corrected chi connectivity index (χ2v) is 4.78. The van der Waals surface area contributed by atoms with Gasteiger partial charge in [0.05, 0.1) is 11.6 Å². The predicted octanol–water partition coefficient (Wildman–Crippen LogP) is 1.83. The minimum Gasteiger partial charge on any atom is -0.273 e. The Morgan fingerprint density at radius 3 is 2.73 bits per heavy atom. The fourth-order valence-electron chi connectivity index (χ4n) is 1.08. The maximum absolute atomic E-state index is 11.3. The molecule has 0 unspecified atom stereocenters. The summed E-state index contributed by atoms with van der Waals surface area (Å²) in [4.78, 5) is 28.7. The lowest BCUT2D eigenvalue weighted by molar-refractivity contribution is -0.123. The van der Waals surface area contributed by atoms with Crippen molar-refractivity contribution in [3.8, 4) is 0 Å². The third-order valence-electron chi connectivity index (χ3n) is 1.85. The van der Waals surface area contributed by atoms with Crippen molar-refractivity contribution in [3.05, 3.63) is 24.5 Å². The zero-order valence-corrected chi connectivity index (χ0v) is 9.38. The second-order valence-electron chi connectivity index (χ2n) is 2.83. The van der Waals surface area contributed by atoms with Gasteiger partial charge in [-0.25, -0.2) is 0 Å². The molecule has 1 saturated heterocycles. The zero-order chi connectivity index (χ0) is 10.7. The van der Waals surface area contributed by atoms with E-state index in [2.05, 4.69) is 4.98 Å². The van der Waals surface area contributed by atoms with Crippen molar-refractivity contribution in [2.75, 3.05) is 11.6 Å². The number of thioether (sulfide) groups is 2. The van der Waals surface area contributed by atoms with E-state index in [0.29, 0.717) is 5.88 Å². The Kier molecular flexibility index (Phi) is 3.27. The molecule has 1 fully saturated rings. The average Bonchev–Trinajstić information content (AvgIpc) is 2.58. The van der Waals surface area contributed by atoms with Gasteiger partial charge in [0.25, 0.3) is 5.24 Å². The smallest absolute Gasteiger partial charge is 0.273 e. The molecule has 1 aromatic rings. The summed E-state index contributed by atoms with van der Waals surface area (Å²) in [5, 5.41) is -0.151. The number of carbonyl (C=O) groups excluding carboxylic acids is 2. The highest BCUT2D eigenvalue weighted by molar-refractivity contribution is 8.14. The van der Waals surface area contributed by atoms with Gasteiger partial charge in [-0.15, -0.1) is 11.8 Å².